The average molecular weight is 331 g/mol. The summed E-state index contributed by atoms with van der Waals surface area (Å²) in [4.78, 5) is 30.9. The molecule has 0 bridgehead atoms. The highest BCUT2D eigenvalue weighted by atomic mass is 16.5. The Morgan fingerprint density at radius 2 is 1.83 bits per heavy atom. The molecule has 0 radical (unpaired) electrons. The number of rotatable bonds is 7. The number of aliphatic carboxylic acids is 1. The van der Waals surface area contributed by atoms with Crippen LogP contribution in [0.1, 0.15) is 28.4 Å². The Bertz CT molecular complexity index is 721. The summed E-state index contributed by atoms with van der Waals surface area (Å²) in [5.41, 5.74) is 0.827. The van der Waals surface area contributed by atoms with Crippen LogP contribution in [-0.4, -0.2) is 41.2 Å². The molecule has 24 heavy (non-hydrogen) atoms. The van der Waals surface area contributed by atoms with Gasteiger partial charge in [-0.15, -0.1) is 0 Å². The molecule has 0 saturated heterocycles. The molecule has 1 atom stereocenters. The number of hydrogen-bond donors (Lipinski definition) is 2. The number of nitrogens with zero attached hydrogens (tertiary/aromatic N) is 2. The molecule has 1 heterocycles. The van der Waals surface area contributed by atoms with Crippen molar-refractivity contribution in [3.8, 4) is 11.5 Å². The maximum absolute atomic E-state index is 12.2. The zero-order chi connectivity index (χ0) is 17.5. The van der Waals surface area contributed by atoms with Crippen molar-refractivity contribution >= 4 is 11.9 Å². The molecule has 0 aliphatic heterocycles. The van der Waals surface area contributed by atoms with Crippen LogP contribution < -0.4 is 14.8 Å². The summed E-state index contributed by atoms with van der Waals surface area (Å²) in [6.07, 6.45) is 3.73. The molecule has 2 N–H and O–H groups in total. The molecule has 2 aromatic rings. The molecule has 0 aliphatic rings. The second-order valence-corrected chi connectivity index (χ2v) is 4.87. The number of benzene rings is 1. The van der Waals surface area contributed by atoms with Gasteiger partial charge in [0.2, 0.25) is 0 Å². The maximum Gasteiger partial charge on any atom is 0.305 e. The Morgan fingerprint density at radius 1 is 1.17 bits per heavy atom. The monoisotopic (exact) mass is 331 g/mol. The highest BCUT2D eigenvalue weighted by molar-refractivity contribution is 5.94. The zero-order valence-electron chi connectivity index (χ0n) is 13.2. The van der Waals surface area contributed by atoms with E-state index in [2.05, 4.69) is 15.3 Å². The largest absolute Gasteiger partial charge is 0.493 e. The summed E-state index contributed by atoms with van der Waals surface area (Å²) in [7, 11) is 2.98. The Balaban J connectivity index is 2.28. The van der Waals surface area contributed by atoms with Crippen molar-refractivity contribution in [3.05, 3.63) is 48.0 Å². The third-order valence-corrected chi connectivity index (χ3v) is 3.32. The van der Waals surface area contributed by atoms with Crippen LogP contribution in [-0.2, 0) is 4.79 Å². The van der Waals surface area contributed by atoms with Crippen molar-refractivity contribution < 1.29 is 24.2 Å². The summed E-state index contributed by atoms with van der Waals surface area (Å²) in [6, 6.07) is 4.22. The normalized spacial score (nSPS) is 11.4. The summed E-state index contributed by atoms with van der Waals surface area (Å²) in [6.45, 7) is 0. The fourth-order valence-corrected chi connectivity index (χ4v) is 2.15. The van der Waals surface area contributed by atoms with Gasteiger partial charge < -0.3 is 19.9 Å². The van der Waals surface area contributed by atoms with Gasteiger partial charge in [-0.2, -0.15) is 0 Å². The van der Waals surface area contributed by atoms with Crippen LogP contribution in [0.3, 0.4) is 0 Å². The Morgan fingerprint density at radius 3 is 2.42 bits per heavy atom. The van der Waals surface area contributed by atoms with Crippen LogP contribution in [0.5, 0.6) is 11.5 Å². The maximum atomic E-state index is 12.2. The summed E-state index contributed by atoms with van der Waals surface area (Å²) >= 11 is 0. The SMILES string of the molecule is COc1ccc(C(CC(=O)O)NC(=O)c2cncnc2)cc1OC. The van der Waals surface area contributed by atoms with Crippen LogP contribution in [0.4, 0.5) is 0 Å². The van der Waals surface area contributed by atoms with E-state index in [1.807, 2.05) is 0 Å². The number of carbonyl (C=O) groups excluding carboxylic acids is 1. The van der Waals surface area contributed by atoms with Gasteiger partial charge in [0.1, 0.15) is 6.33 Å². The Hall–Kier alpha value is -3.16. The molecule has 1 amide bonds. The van der Waals surface area contributed by atoms with Gasteiger partial charge in [-0.05, 0) is 17.7 Å². The van der Waals surface area contributed by atoms with Crippen molar-refractivity contribution in [2.24, 2.45) is 0 Å². The molecule has 1 unspecified atom stereocenters. The topological polar surface area (TPSA) is 111 Å². The van der Waals surface area contributed by atoms with Gasteiger partial charge in [0, 0.05) is 12.4 Å². The predicted octanol–water partition coefficient (Wildman–Crippen LogP) is 1.44. The predicted molar refractivity (Wildman–Crippen MR) is 84.0 cm³/mol. The highest BCUT2D eigenvalue weighted by Crippen LogP contribution is 2.31. The number of aromatic nitrogens is 2. The number of amides is 1. The standard InChI is InChI=1S/C16H17N3O5/c1-23-13-4-3-10(5-14(13)24-2)12(6-15(20)21)19-16(22)11-7-17-9-18-8-11/h3-5,7-9,12H,6H2,1-2H3,(H,19,22)(H,20,21). The van der Waals surface area contributed by atoms with Crippen molar-refractivity contribution in [2.45, 2.75) is 12.5 Å². The second kappa shape index (κ2) is 7.91. The molecule has 8 nitrogen and oxygen atoms in total. The minimum absolute atomic E-state index is 0.244. The number of hydrogen-bond acceptors (Lipinski definition) is 6. The van der Waals surface area contributed by atoms with Crippen LogP contribution in [0, 0.1) is 0 Å². The second-order valence-electron chi connectivity index (χ2n) is 4.87. The number of ether oxygens (including phenoxy) is 2. The Labute approximate surface area is 138 Å². The van der Waals surface area contributed by atoms with E-state index in [1.54, 1.807) is 18.2 Å². The summed E-state index contributed by atoms with van der Waals surface area (Å²) in [5, 5.41) is 11.8. The van der Waals surface area contributed by atoms with Crippen LogP contribution in [0.2, 0.25) is 0 Å². The number of carboxylic acids is 1. The molecule has 126 valence electrons. The molecule has 1 aromatic heterocycles. The number of carbonyl (C=O) groups is 2. The van der Waals surface area contributed by atoms with E-state index in [0.717, 1.165) is 0 Å². The summed E-state index contributed by atoms with van der Waals surface area (Å²) in [5.74, 6) is -0.545. The van der Waals surface area contributed by atoms with Gasteiger partial charge >= 0.3 is 5.97 Å². The molecule has 0 saturated carbocycles. The van der Waals surface area contributed by atoms with E-state index in [1.165, 1.54) is 32.9 Å². The van der Waals surface area contributed by atoms with E-state index in [-0.39, 0.29) is 12.0 Å². The minimum atomic E-state index is -1.04. The van der Waals surface area contributed by atoms with Crippen LogP contribution >= 0.6 is 0 Å². The lowest BCUT2D eigenvalue weighted by molar-refractivity contribution is -0.137. The smallest absolute Gasteiger partial charge is 0.305 e. The minimum Gasteiger partial charge on any atom is -0.493 e. The Kier molecular flexibility index (Phi) is 5.67. The molecule has 8 heteroatoms. The average Bonchev–Trinajstić information content (AvgIpc) is 2.60. The first-order valence-corrected chi connectivity index (χ1v) is 7.04. The molecular weight excluding hydrogens is 314 g/mol. The lowest BCUT2D eigenvalue weighted by Crippen LogP contribution is -2.30. The lowest BCUT2D eigenvalue weighted by atomic mass is 10.0. The van der Waals surface area contributed by atoms with Crippen LogP contribution in [0.25, 0.3) is 0 Å². The van der Waals surface area contributed by atoms with Gasteiger partial charge in [0.15, 0.2) is 11.5 Å². The number of nitrogens with one attached hydrogen (secondary N) is 1. The van der Waals surface area contributed by atoms with Gasteiger partial charge in [0.05, 0.1) is 32.2 Å². The molecule has 0 aliphatic carbocycles. The number of carboxylic acid groups (broad SMARTS) is 1. The highest BCUT2D eigenvalue weighted by Gasteiger charge is 2.20. The molecular formula is C16H17N3O5. The fourth-order valence-electron chi connectivity index (χ4n) is 2.15. The zero-order valence-corrected chi connectivity index (χ0v) is 13.2. The number of methoxy groups -OCH3 is 2. The fraction of sp³-hybridized carbons (Fsp3) is 0.250. The molecule has 1 aromatic carbocycles. The third-order valence-electron chi connectivity index (χ3n) is 3.32. The van der Waals surface area contributed by atoms with E-state index in [9.17, 15) is 9.59 Å². The first-order valence-electron chi connectivity index (χ1n) is 7.04. The van der Waals surface area contributed by atoms with Gasteiger partial charge in [-0.3, -0.25) is 9.59 Å². The van der Waals surface area contributed by atoms with E-state index in [0.29, 0.717) is 17.1 Å². The van der Waals surface area contributed by atoms with Gasteiger partial charge in [-0.1, -0.05) is 6.07 Å². The van der Waals surface area contributed by atoms with Crippen molar-refractivity contribution in [1.29, 1.82) is 0 Å². The van der Waals surface area contributed by atoms with Crippen molar-refractivity contribution in [2.75, 3.05) is 14.2 Å². The molecule has 2 rings (SSSR count). The van der Waals surface area contributed by atoms with Crippen molar-refractivity contribution in [3.63, 3.8) is 0 Å². The summed E-state index contributed by atoms with van der Waals surface area (Å²) < 4.78 is 10.4. The first-order chi connectivity index (χ1) is 11.5. The van der Waals surface area contributed by atoms with Gasteiger partial charge in [0.25, 0.3) is 5.91 Å². The first kappa shape index (κ1) is 17.2. The van der Waals surface area contributed by atoms with E-state index >= 15 is 0 Å². The lowest BCUT2D eigenvalue weighted by Gasteiger charge is -2.19. The quantitative estimate of drug-likeness (QED) is 0.789. The van der Waals surface area contributed by atoms with E-state index in [4.69, 9.17) is 14.6 Å². The molecule has 0 fully saturated rings. The van der Waals surface area contributed by atoms with Crippen molar-refractivity contribution in [1.82, 2.24) is 15.3 Å². The molecule has 0 spiro atoms. The van der Waals surface area contributed by atoms with Crippen LogP contribution in [0.15, 0.2) is 36.9 Å². The van der Waals surface area contributed by atoms with E-state index < -0.39 is 17.9 Å². The van der Waals surface area contributed by atoms with Gasteiger partial charge in [-0.25, -0.2) is 9.97 Å². The third kappa shape index (κ3) is 4.19.